The van der Waals surface area contributed by atoms with E-state index in [4.69, 9.17) is 4.74 Å². The number of hydrogen-bond acceptors (Lipinski definition) is 4. The number of benzene rings is 3. The van der Waals surface area contributed by atoms with Crippen LogP contribution in [0.25, 0.3) is 22.0 Å². The van der Waals surface area contributed by atoms with Crippen LogP contribution in [0.2, 0.25) is 0 Å². The van der Waals surface area contributed by atoms with Crippen molar-refractivity contribution < 1.29 is 13.2 Å². The molecule has 0 unspecified atom stereocenters. The summed E-state index contributed by atoms with van der Waals surface area (Å²) in [7, 11) is 0.663. The van der Waals surface area contributed by atoms with Crippen molar-refractivity contribution in [2.75, 3.05) is 44.4 Å². The predicted octanol–water partition coefficient (Wildman–Crippen LogP) is 5.88. The molecule has 4 aromatic rings. The van der Waals surface area contributed by atoms with Gasteiger partial charge in [0.25, 0.3) is 0 Å². The van der Waals surface area contributed by atoms with Gasteiger partial charge in [0.1, 0.15) is 5.75 Å². The van der Waals surface area contributed by atoms with Crippen molar-refractivity contribution in [1.82, 2.24) is 9.29 Å². The second-order valence-corrected chi connectivity index (χ2v) is 12.0. The number of aromatic nitrogens is 1. The van der Waals surface area contributed by atoms with E-state index in [0.29, 0.717) is 32.0 Å². The van der Waals surface area contributed by atoms with Crippen LogP contribution in [0.3, 0.4) is 0 Å². The molecule has 0 bridgehead atoms. The zero-order valence-corrected chi connectivity index (χ0v) is 22.4. The van der Waals surface area contributed by atoms with Gasteiger partial charge >= 0.3 is 0 Å². The molecule has 1 fully saturated rings. The van der Waals surface area contributed by atoms with E-state index in [1.54, 1.807) is 4.31 Å². The molecule has 1 aromatic heterocycles. The van der Waals surface area contributed by atoms with Crippen LogP contribution in [0.15, 0.2) is 79.0 Å². The number of fused-ring (bicyclic) bond motifs is 1. The highest BCUT2D eigenvalue weighted by Crippen LogP contribution is 2.35. The third kappa shape index (κ3) is 5.84. The minimum atomic E-state index is -3.30. The van der Waals surface area contributed by atoms with E-state index in [0.717, 1.165) is 29.8 Å². The van der Waals surface area contributed by atoms with Gasteiger partial charge < -0.3 is 14.6 Å². The number of sulfonamides is 1. The lowest BCUT2D eigenvalue weighted by molar-refractivity contribution is 0.306. The van der Waals surface area contributed by atoms with Gasteiger partial charge in [-0.1, -0.05) is 42.5 Å². The van der Waals surface area contributed by atoms with E-state index < -0.39 is 10.0 Å². The fourth-order valence-corrected chi connectivity index (χ4v) is 6.66. The van der Waals surface area contributed by atoms with Crippen LogP contribution in [0.5, 0.6) is 5.75 Å². The van der Waals surface area contributed by atoms with Crippen LogP contribution in [-0.2, 0) is 10.0 Å². The van der Waals surface area contributed by atoms with Gasteiger partial charge in [-0.15, -0.1) is 0 Å². The molecule has 6 nitrogen and oxygen atoms in total. The van der Waals surface area contributed by atoms with Crippen molar-refractivity contribution in [3.8, 4) is 16.9 Å². The van der Waals surface area contributed by atoms with Crippen LogP contribution < -0.4 is 9.64 Å². The first-order valence-electron chi connectivity index (χ1n) is 13.0. The lowest BCUT2D eigenvalue weighted by atomic mass is 9.89. The Morgan fingerprint density at radius 2 is 1.73 bits per heavy atom. The molecule has 1 aliphatic heterocycles. The quantitative estimate of drug-likeness (QED) is 0.282. The van der Waals surface area contributed by atoms with Crippen molar-refractivity contribution in [3.05, 3.63) is 84.6 Å². The first kappa shape index (κ1) is 25.4. The van der Waals surface area contributed by atoms with E-state index >= 15 is 0 Å². The maximum atomic E-state index is 13.0. The van der Waals surface area contributed by atoms with Crippen molar-refractivity contribution in [2.45, 2.75) is 25.2 Å². The molecule has 3 aromatic carbocycles. The van der Waals surface area contributed by atoms with Gasteiger partial charge in [-0.2, -0.15) is 0 Å². The number of rotatable bonds is 9. The van der Waals surface area contributed by atoms with Crippen LogP contribution in [0.1, 0.15) is 30.7 Å². The Balaban J connectivity index is 1.17. The fraction of sp³-hybridized carbons (Fsp3) is 0.333. The number of nitrogens with zero attached hydrogens (tertiary/aromatic N) is 2. The maximum absolute atomic E-state index is 13.0. The second-order valence-electron chi connectivity index (χ2n) is 9.95. The molecule has 0 radical (unpaired) electrons. The zero-order chi connectivity index (χ0) is 25.8. The normalized spacial score (nSPS) is 15.2. The highest BCUT2D eigenvalue weighted by atomic mass is 32.2. The summed E-state index contributed by atoms with van der Waals surface area (Å²) in [5.41, 5.74) is 5.87. The number of H-pyrrole nitrogens is 1. The molecule has 2 heterocycles. The Bertz CT molecular complexity index is 1440. The third-order valence-corrected chi connectivity index (χ3v) is 9.21. The lowest BCUT2D eigenvalue weighted by Crippen LogP contribution is -2.39. The van der Waals surface area contributed by atoms with Crippen LogP contribution in [0, 0.1) is 0 Å². The predicted molar refractivity (Wildman–Crippen MR) is 152 cm³/mol. The summed E-state index contributed by atoms with van der Waals surface area (Å²) in [5.74, 6) is 1.22. The highest BCUT2D eigenvalue weighted by Gasteiger charge is 2.29. The average molecular weight is 518 g/mol. The smallest absolute Gasteiger partial charge is 0.214 e. The van der Waals surface area contributed by atoms with E-state index in [9.17, 15) is 8.42 Å². The number of nitrogens with one attached hydrogen (secondary N) is 1. The second kappa shape index (κ2) is 11.0. The summed E-state index contributed by atoms with van der Waals surface area (Å²) in [4.78, 5) is 5.43. The molecule has 37 heavy (non-hydrogen) atoms. The molecule has 1 saturated heterocycles. The van der Waals surface area contributed by atoms with Gasteiger partial charge in [0, 0.05) is 56.0 Å². The van der Waals surface area contributed by atoms with E-state index in [-0.39, 0.29) is 5.75 Å². The van der Waals surface area contributed by atoms with Crippen molar-refractivity contribution in [2.24, 2.45) is 0 Å². The van der Waals surface area contributed by atoms with Gasteiger partial charge in [0.2, 0.25) is 10.0 Å². The van der Waals surface area contributed by atoms with Crippen LogP contribution in [0.4, 0.5) is 5.69 Å². The Hall–Kier alpha value is -3.29. The van der Waals surface area contributed by atoms with Gasteiger partial charge in [0.15, 0.2) is 0 Å². The molecule has 0 aliphatic carbocycles. The van der Waals surface area contributed by atoms with Crippen molar-refractivity contribution >= 4 is 26.6 Å². The Morgan fingerprint density at radius 3 is 2.49 bits per heavy atom. The number of aromatic amines is 1. The fourth-order valence-electron chi connectivity index (χ4n) is 5.15. The molecule has 0 saturated carbocycles. The van der Waals surface area contributed by atoms with E-state index in [1.165, 1.54) is 22.1 Å². The van der Waals surface area contributed by atoms with Crippen LogP contribution >= 0.6 is 0 Å². The minimum Gasteiger partial charge on any atom is -0.493 e. The number of anilines is 1. The minimum absolute atomic E-state index is 0.110. The first-order chi connectivity index (χ1) is 17.9. The highest BCUT2D eigenvalue weighted by molar-refractivity contribution is 7.89. The van der Waals surface area contributed by atoms with E-state index in [2.05, 4.69) is 53.6 Å². The molecule has 0 atom stereocenters. The monoisotopic (exact) mass is 517 g/mol. The summed E-state index contributed by atoms with van der Waals surface area (Å²) >= 11 is 0. The van der Waals surface area contributed by atoms with Gasteiger partial charge in [-0.05, 0) is 66.1 Å². The SMILES string of the molecule is CN(C)c1cccc(OCCCS(=O)(=O)N2CCC(c3c[nH]c4ccc(-c5ccccc5)cc34)CC2)c1. The molecule has 0 spiro atoms. The Labute approximate surface area is 219 Å². The molecule has 5 rings (SSSR count). The molecule has 0 amide bonds. The standard InChI is InChI=1S/C30H35N3O3S/c1-32(2)26-10-6-11-27(21-26)36-18-7-19-37(34,35)33-16-14-24(15-17-33)29-22-31-30-13-12-25(20-28(29)30)23-8-4-3-5-9-23/h3-6,8-13,20-22,24,31H,7,14-19H2,1-2H3. The topological polar surface area (TPSA) is 65.6 Å². The third-order valence-electron chi connectivity index (χ3n) is 7.26. The molecule has 1 aliphatic rings. The molecule has 194 valence electrons. The molecule has 7 heteroatoms. The van der Waals surface area contributed by atoms with E-state index in [1.807, 2.05) is 49.3 Å². The Morgan fingerprint density at radius 1 is 0.946 bits per heavy atom. The van der Waals surface area contributed by atoms with Gasteiger partial charge in [-0.25, -0.2) is 12.7 Å². The van der Waals surface area contributed by atoms with Gasteiger partial charge in [-0.3, -0.25) is 0 Å². The van der Waals surface area contributed by atoms with Crippen LogP contribution in [-0.4, -0.2) is 57.3 Å². The summed E-state index contributed by atoms with van der Waals surface area (Å²) in [6.45, 7) is 1.50. The largest absolute Gasteiger partial charge is 0.493 e. The Kier molecular flexibility index (Phi) is 7.53. The summed E-state index contributed by atoms with van der Waals surface area (Å²) in [5, 5.41) is 1.23. The number of ether oxygens (including phenoxy) is 1. The maximum Gasteiger partial charge on any atom is 0.214 e. The average Bonchev–Trinajstić information content (AvgIpc) is 3.35. The number of hydrogen-bond donors (Lipinski definition) is 1. The van der Waals surface area contributed by atoms with Crippen molar-refractivity contribution in [1.29, 1.82) is 0 Å². The summed E-state index contributed by atoms with van der Waals surface area (Å²) < 4.78 is 33.5. The first-order valence-corrected chi connectivity index (χ1v) is 14.6. The van der Waals surface area contributed by atoms with Crippen molar-refractivity contribution in [3.63, 3.8) is 0 Å². The zero-order valence-electron chi connectivity index (χ0n) is 21.6. The summed E-state index contributed by atoms with van der Waals surface area (Å²) in [6.07, 6.45) is 4.24. The van der Waals surface area contributed by atoms with Gasteiger partial charge in [0.05, 0.1) is 12.4 Å². The number of piperidine rings is 1. The molecule has 1 N–H and O–H groups in total. The molecular formula is C30H35N3O3S. The summed E-state index contributed by atoms with van der Waals surface area (Å²) in [6, 6.07) is 24.8. The lowest BCUT2D eigenvalue weighted by Gasteiger charge is -2.31. The molecular weight excluding hydrogens is 482 g/mol.